The summed E-state index contributed by atoms with van der Waals surface area (Å²) in [5.41, 5.74) is 16.5. The topological polar surface area (TPSA) is 410 Å². The van der Waals surface area contributed by atoms with Crippen LogP contribution >= 0.6 is 0 Å². The van der Waals surface area contributed by atoms with Crippen LogP contribution in [-0.4, -0.2) is 133 Å². The third-order valence-electron chi connectivity index (χ3n) is 8.60. The van der Waals surface area contributed by atoms with E-state index in [1.807, 2.05) is 0 Å². The van der Waals surface area contributed by atoms with Crippen molar-refractivity contribution in [2.45, 2.75) is 122 Å². The normalized spacial score (nSPS) is 15.7. The summed E-state index contributed by atoms with van der Waals surface area (Å²) in [6, 6.07) is -11.2. The van der Waals surface area contributed by atoms with Crippen molar-refractivity contribution in [1.82, 2.24) is 41.9 Å². The monoisotopic (exact) mass is 825 g/mol. The van der Waals surface area contributed by atoms with E-state index in [9.17, 15) is 63.3 Å². The lowest BCUT2D eigenvalue weighted by molar-refractivity contribution is -0.145. The third kappa shape index (κ3) is 17.3. The Labute approximate surface area is 332 Å². The first-order valence-corrected chi connectivity index (χ1v) is 18.2. The SMILES string of the molecule is CC[C@H](C)[C@H](NC(=O)[C@@H](N)CC(N)=O)C(=O)N[C@@H](CC(=O)O)C(=O)N[C@@H](CC(N)=O)C(=O)N[C@@H](CC(C)C)C(=O)N[C@@H](Cc1cnc[nH]1)C(=O)N[C@H](C(=O)O)[C@@H](C)O. The van der Waals surface area contributed by atoms with Gasteiger partial charge in [0.1, 0.15) is 30.2 Å². The number of aliphatic hydroxyl groups is 1. The molecule has 1 heterocycles. The van der Waals surface area contributed by atoms with Gasteiger partial charge >= 0.3 is 11.9 Å². The van der Waals surface area contributed by atoms with Crippen LogP contribution in [0.5, 0.6) is 0 Å². The van der Waals surface area contributed by atoms with Gasteiger partial charge in [0.25, 0.3) is 0 Å². The second kappa shape index (κ2) is 23.8. The second-order valence-electron chi connectivity index (χ2n) is 14.1. The van der Waals surface area contributed by atoms with Gasteiger partial charge < -0.3 is 69.4 Å². The average molecular weight is 826 g/mol. The number of aliphatic carboxylic acids is 2. The highest BCUT2D eigenvalue weighted by Crippen LogP contribution is 2.11. The minimum Gasteiger partial charge on any atom is -0.481 e. The number of nitrogens with one attached hydrogen (secondary N) is 7. The predicted octanol–water partition coefficient (Wildman–Crippen LogP) is -5.03. The van der Waals surface area contributed by atoms with Gasteiger partial charge in [0, 0.05) is 18.3 Å². The number of imidazole rings is 1. The van der Waals surface area contributed by atoms with Gasteiger partial charge in [-0.2, -0.15) is 0 Å². The summed E-state index contributed by atoms with van der Waals surface area (Å²) in [6.45, 7) is 7.72. The third-order valence-corrected chi connectivity index (χ3v) is 8.60. The van der Waals surface area contributed by atoms with Crippen LogP contribution in [0.25, 0.3) is 0 Å². The van der Waals surface area contributed by atoms with Crippen LogP contribution in [-0.2, 0) is 54.4 Å². The largest absolute Gasteiger partial charge is 0.481 e. The molecule has 0 aliphatic heterocycles. The first-order valence-electron chi connectivity index (χ1n) is 18.2. The van der Waals surface area contributed by atoms with E-state index in [0.29, 0.717) is 12.1 Å². The van der Waals surface area contributed by atoms with Crippen LogP contribution in [0, 0.1) is 11.8 Å². The molecule has 24 heteroatoms. The molecule has 0 fully saturated rings. The van der Waals surface area contributed by atoms with E-state index < -0.39 is 133 Å². The molecule has 1 aromatic rings. The van der Waals surface area contributed by atoms with E-state index in [-0.39, 0.29) is 18.8 Å². The quantitative estimate of drug-likeness (QED) is 0.0416. The first kappa shape index (κ1) is 49.8. The van der Waals surface area contributed by atoms with Crippen molar-refractivity contribution < 1.29 is 63.3 Å². The summed E-state index contributed by atoms with van der Waals surface area (Å²) in [5, 5.41) is 42.6. The lowest BCUT2D eigenvalue weighted by Gasteiger charge is -2.28. The van der Waals surface area contributed by atoms with Crippen LogP contribution in [0.3, 0.4) is 0 Å². The molecule has 1 aromatic heterocycles. The molecule has 16 N–H and O–H groups in total. The zero-order valence-corrected chi connectivity index (χ0v) is 32.8. The lowest BCUT2D eigenvalue weighted by Crippen LogP contribution is -2.61. The van der Waals surface area contributed by atoms with E-state index in [4.69, 9.17) is 17.2 Å². The minimum absolute atomic E-state index is 0.0812. The number of aromatic nitrogens is 2. The number of rotatable bonds is 26. The Balaban J connectivity index is 3.38. The summed E-state index contributed by atoms with van der Waals surface area (Å²) in [5.74, 6) is -12.4. The smallest absolute Gasteiger partial charge is 0.328 e. The molecule has 0 radical (unpaired) electrons. The van der Waals surface area contributed by atoms with Crippen molar-refractivity contribution in [2.24, 2.45) is 29.0 Å². The lowest BCUT2D eigenvalue weighted by atomic mass is 9.97. The Morgan fingerprint density at radius 3 is 1.62 bits per heavy atom. The number of carbonyl (C=O) groups excluding carboxylic acids is 8. The molecule has 0 aliphatic carbocycles. The Bertz CT molecular complexity index is 1640. The van der Waals surface area contributed by atoms with Crippen molar-refractivity contribution in [2.75, 3.05) is 0 Å². The fourth-order valence-electron chi connectivity index (χ4n) is 5.32. The molecule has 0 saturated carbocycles. The predicted molar refractivity (Wildman–Crippen MR) is 200 cm³/mol. The van der Waals surface area contributed by atoms with E-state index in [1.165, 1.54) is 12.5 Å². The number of aliphatic hydroxyl groups excluding tert-OH is 1. The number of carboxylic acids is 2. The molecule has 0 aliphatic rings. The molecule has 324 valence electrons. The minimum atomic E-state index is -1.90. The number of hydrogen-bond acceptors (Lipinski definition) is 13. The van der Waals surface area contributed by atoms with Crippen molar-refractivity contribution in [3.63, 3.8) is 0 Å². The Kier molecular flexibility index (Phi) is 20.5. The van der Waals surface area contributed by atoms with Gasteiger partial charge in [-0.1, -0.05) is 34.1 Å². The molecule has 0 spiro atoms. The molecular formula is C34H55N11O13. The molecule has 1 rings (SSSR count). The molecule has 0 unspecified atom stereocenters. The molecule has 24 nitrogen and oxygen atoms in total. The maximum atomic E-state index is 13.7. The van der Waals surface area contributed by atoms with E-state index in [0.717, 1.165) is 6.92 Å². The number of carbonyl (C=O) groups is 10. The molecule has 8 amide bonds. The maximum Gasteiger partial charge on any atom is 0.328 e. The van der Waals surface area contributed by atoms with Gasteiger partial charge in [0.2, 0.25) is 47.3 Å². The molecular weight excluding hydrogens is 770 g/mol. The molecule has 0 aromatic carbocycles. The number of nitrogens with zero attached hydrogens (tertiary/aromatic N) is 1. The molecule has 0 saturated heterocycles. The fraction of sp³-hybridized carbons (Fsp3) is 0.618. The van der Waals surface area contributed by atoms with Gasteiger partial charge in [0.05, 0.1) is 37.7 Å². The van der Waals surface area contributed by atoms with Crippen LogP contribution in [0.1, 0.15) is 72.4 Å². The summed E-state index contributed by atoms with van der Waals surface area (Å²) in [7, 11) is 0. The molecule has 58 heavy (non-hydrogen) atoms. The highest BCUT2D eigenvalue weighted by molar-refractivity contribution is 5.99. The zero-order chi connectivity index (χ0) is 44.4. The number of amides is 8. The Hall–Kier alpha value is -6.17. The number of H-pyrrole nitrogens is 1. The average Bonchev–Trinajstić information content (AvgIpc) is 3.63. The standard InChI is InChI=1S/C34H55N11O13/c1-6-15(4)26(44-28(51)18(35)9-23(36)47)33(56)43-22(11-25(49)50)31(54)42-21(10-24(37)48)30(53)40-19(7-14(2)3)29(52)41-20(8-17-12-38-13-39-17)32(55)45-27(16(5)46)34(57)58/h12-16,18-22,26-27,46H,6-11,35H2,1-5H3,(H2,36,47)(H2,37,48)(H,38,39)(H,40,53)(H,41,52)(H,42,54)(H,43,56)(H,44,51)(H,45,55)(H,49,50)(H,57,58)/t15-,16+,18-,19-,20-,21-,22-,26-,27-/m0/s1. The van der Waals surface area contributed by atoms with Crippen molar-refractivity contribution >= 4 is 59.2 Å². The number of aromatic amines is 1. The van der Waals surface area contributed by atoms with Gasteiger partial charge in [-0.05, 0) is 25.2 Å². The van der Waals surface area contributed by atoms with Crippen LogP contribution < -0.4 is 49.1 Å². The number of nitrogens with two attached hydrogens (primary N) is 3. The van der Waals surface area contributed by atoms with Crippen molar-refractivity contribution in [3.05, 3.63) is 18.2 Å². The first-order chi connectivity index (χ1) is 27.0. The summed E-state index contributed by atoms with van der Waals surface area (Å²) >= 11 is 0. The van der Waals surface area contributed by atoms with Crippen LogP contribution in [0.2, 0.25) is 0 Å². The number of primary amides is 2. The zero-order valence-electron chi connectivity index (χ0n) is 32.8. The summed E-state index contributed by atoms with van der Waals surface area (Å²) in [6.07, 6.45) is -1.39. The van der Waals surface area contributed by atoms with Crippen molar-refractivity contribution in [1.29, 1.82) is 0 Å². The van der Waals surface area contributed by atoms with Crippen LogP contribution in [0.15, 0.2) is 12.5 Å². The highest BCUT2D eigenvalue weighted by atomic mass is 16.4. The molecule has 0 bridgehead atoms. The summed E-state index contributed by atoms with van der Waals surface area (Å²) in [4.78, 5) is 133. The fourth-order valence-corrected chi connectivity index (χ4v) is 5.32. The van der Waals surface area contributed by atoms with E-state index in [1.54, 1.807) is 27.7 Å². The van der Waals surface area contributed by atoms with Crippen molar-refractivity contribution in [3.8, 4) is 0 Å². The number of hydrogen-bond donors (Lipinski definition) is 13. The summed E-state index contributed by atoms with van der Waals surface area (Å²) < 4.78 is 0. The second-order valence-corrected chi connectivity index (χ2v) is 14.1. The van der Waals surface area contributed by atoms with Gasteiger partial charge in [-0.25, -0.2) is 9.78 Å². The van der Waals surface area contributed by atoms with Crippen LogP contribution in [0.4, 0.5) is 0 Å². The Morgan fingerprint density at radius 2 is 1.16 bits per heavy atom. The van der Waals surface area contributed by atoms with Gasteiger partial charge in [-0.3, -0.25) is 43.2 Å². The van der Waals surface area contributed by atoms with Gasteiger partial charge in [0.15, 0.2) is 6.04 Å². The maximum absolute atomic E-state index is 13.7. The molecule has 9 atom stereocenters. The van der Waals surface area contributed by atoms with E-state index >= 15 is 0 Å². The van der Waals surface area contributed by atoms with Gasteiger partial charge in [-0.15, -0.1) is 0 Å². The Morgan fingerprint density at radius 1 is 0.672 bits per heavy atom. The number of carboxylic acid groups (broad SMARTS) is 2. The highest BCUT2D eigenvalue weighted by Gasteiger charge is 2.36. The van der Waals surface area contributed by atoms with E-state index in [2.05, 4.69) is 41.9 Å².